The first-order valence-electron chi connectivity index (χ1n) is 19.2. The number of benzene rings is 9. The maximum atomic E-state index is 6.07. The van der Waals surface area contributed by atoms with Crippen LogP contribution < -0.4 is 0 Å². The highest BCUT2D eigenvalue weighted by molar-refractivity contribution is 6.06. The molecule has 4 heteroatoms. The van der Waals surface area contributed by atoms with Crippen molar-refractivity contribution in [3.63, 3.8) is 0 Å². The second-order valence-electron chi connectivity index (χ2n) is 14.4. The molecule has 0 amide bonds. The second-order valence-corrected chi connectivity index (χ2v) is 14.4. The zero-order chi connectivity index (χ0) is 37.7. The first-order valence-corrected chi connectivity index (χ1v) is 19.2. The third-order valence-corrected chi connectivity index (χ3v) is 10.9. The molecule has 0 N–H and O–H groups in total. The molecule has 4 nitrogen and oxygen atoms in total. The molecule has 11 aromatic rings. The van der Waals surface area contributed by atoms with E-state index in [0.717, 1.165) is 60.5 Å². The maximum absolute atomic E-state index is 6.07. The molecule has 0 aliphatic heterocycles. The van der Waals surface area contributed by atoms with E-state index in [0.29, 0.717) is 17.5 Å². The fourth-order valence-corrected chi connectivity index (χ4v) is 7.98. The minimum Gasteiger partial charge on any atom is -0.456 e. The summed E-state index contributed by atoms with van der Waals surface area (Å²) in [5.41, 5.74) is 11.6. The predicted molar refractivity (Wildman–Crippen MR) is 235 cm³/mol. The minimum atomic E-state index is 0.628. The average Bonchev–Trinajstić information content (AvgIpc) is 3.67. The molecule has 11 rings (SSSR count). The smallest absolute Gasteiger partial charge is 0.164 e. The SMILES string of the molecule is c1ccc(-c2nc(-c3ccc(-c4ccc5oc6ccccc6c5c4)cc3)nc(-c3ccc4cc(-c5cccc(-c6cccc7ccccc67)c5)ccc4c3)n2)cc1. The average molecular weight is 728 g/mol. The van der Waals surface area contributed by atoms with E-state index in [2.05, 4.69) is 152 Å². The molecule has 0 saturated heterocycles. The largest absolute Gasteiger partial charge is 0.456 e. The number of hydrogen-bond acceptors (Lipinski definition) is 4. The molecule has 2 heterocycles. The molecule has 0 fully saturated rings. The normalized spacial score (nSPS) is 11.5. The van der Waals surface area contributed by atoms with E-state index >= 15 is 0 Å². The Balaban J connectivity index is 0.938. The number of aromatic nitrogens is 3. The van der Waals surface area contributed by atoms with Crippen LogP contribution >= 0.6 is 0 Å². The van der Waals surface area contributed by atoms with E-state index in [9.17, 15) is 0 Å². The van der Waals surface area contributed by atoms with E-state index in [4.69, 9.17) is 19.4 Å². The van der Waals surface area contributed by atoms with Crippen molar-refractivity contribution in [2.24, 2.45) is 0 Å². The van der Waals surface area contributed by atoms with Crippen LogP contribution in [0.4, 0.5) is 0 Å². The Bertz CT molecular complexity index is 3290. The molecule has 0 unspecified atom stereocenters. The molecule has 0 atom stereocenters. The van der Waals surface area contributed by atoms with Gasteiger partial charge in [0.1, 0.15) is 11.2 Å². The fraction of sp³-hybridized carbons (Fsp3) is 0. The van der Waals surface area contributed by atoms with Gasteiger partial charge in [0, 0.05) is 27.5 Å². The van der Waals surface area contributed by atoms with Crippen LogP contribution in [0.1, 0.15) is 0 Å². The molecule has 9 aromatic carbocycles. The van der Waals surface area contributed by atoms with Crippen molar-refractivity contribution in [1.29, 1.82) is 0 Å². The lowest BCUT2D eigenvalue weighted by atomic mass is 9.94. The minimum absolute atomic E-state index is 0.628. The fourth-order valence-electron chi connectivity index (χ4n) is 7.98. The van der Waals surface area contributed by atoms with Crippen molar-refractivity contribution in [3.8, 4) is 67.5 Å². The highest BCUT2D eigenvalue weighted by Crippen LogP contribution is 2.36. The van der Waals surface area contributed by atoms with Crippen LogP contribution in [-0.2, 0) is 0 Å². The summed E-state index contributed by atoms with van der Waals surface area (Å²) in [6.07, 6.45) is 0. The van der Waals surface area contributed by atoms with Gasteiger partial charge in [-0.3, -0.25) is 0 Å². The number of furan rings is 1. The van der Waals surface area contributed by atoms with Gasteiger partial charge < -0.3 is 4.42 Å². The van der Waals surface area contributed by atoms with E-state index in [1.807, 2.05) is 48.5 Å². The van der Waals surface area contributed by atoms with Gasteiger partial charge in [-0.1, -0.05) is 164 Å². The molecular weight excluding hydrogens is 695 g/mol. The van der Waals surface area contributed by atoms with Gasteiger partial charge in [-0.05, 0) is 91.3 Å². The van der Waals surface area contributed by atoms with Crippen LogP contribution in [0.5, 0.6) is 0 Å². The first-order chi connectivity index (χ1) is 28.2. The Morgan fingerprint density at radius 2 is 0.772 bits per heavy atom. The van der Waals surface area contributed by atoms with Crippen LogP contribution in [0, 0.1) is 0 Å². The number of para-hydroxylation sites is 1. The van der Waals surface area contributed by atoms with Gasteiger partial charge in [-0.25, -0.2) is 15.0 Å². The molecule has 0 aliphatic carbocycles. The third kappa shape index (κ3) is 6.01. The van der Waals surface area contributed by atoms with Crippen molar-refractivity contribution in [2.45, 2.75) is 0 Å². The maximum Gasteiger partial charge on any atom is 0.164 e. The summed E-state index contributed by atoms with van der Waals surface area (Å²) in [7, 11) is 0. The summed E-state index contributed by atoms with van der Waals surface area (Å²) in [6.45, 7) is 0. The Labute approximate surface area is 329 Å². The highest BCUT2D eigenvalue weighted by Gasteiger charge is 2.15. The highest BCUT2D eigenvalue weighted by atomic mass is 16.3. The van der Waals surface area contributed by atoms with Crippen LogP contribution in [0.25, 0.3) is 111 Å². The van der Waals surface area contributed by atoms with E-state index in [1.54, 1.807) is 0 Å². The van der Waals surface area contributed by atoms with Gasteiger partial charge in [0.2, 0.25) is 0 Å². The third-order valence-electron chi connectivity index (χ3n) is 10.9. The summed E-state index contributed by atoms with van der Waals surface area (Å²) < 4.78 is 6.07. The van der Waals surface area contributed by atoms with Gasteiger partial charge in [0.15, 0.2) is 17.5 Å². The number of rotatable bonds is 6. The quantitative estimate of drug-likeness (QED) is 0.171. The molecule has 0 radical (unpaired) electrons. The number of nitrogens with zero attached hydrogens (tertiary/aromatic N) is 3. The standard InChI is InChI=1S/C53H33N3O/c1-2-11-36(12-3-1)51-54-52(37-22-20-34(21-23-37)42-28-29-50-48(33-42)47-17-6-7-19-49(47)57-50)56-53(55-51)44-27-26-40-30-39(24-25-41(40)32-44)38-14-8-15-43(31-38)46-18-9-13-35-10-4-5-16-45(35)46/h1-33H. The van der Waals surface area contributed by atoms with Gasteiger partial charge in [-0.2, -0.15) is 0 Å². The summed E-state index contributed by atoms with van der Waals surface area (Å²) in [5, 5.41) is 7.01. The Morgan fingerprint density at radius 3 is 1.60 bits per heavy atom. The lowest BCUT2D eigenvalue weighted by molar-refractivity contribution is 0.669. The summed E-state index contributed by atoms with van der Waals surface area (Å²) >= 11 is 0. The van der Waals surface area contributed by atoms with E-state index in [1.165, 1.54) is 33.0 Å². The first kappa shape index (κ1) is 32.7. The van der Waals surface area contributed by atoms with Crippen molar-refractivity contribution >= 4 is 43.5 Å². The molecular formula is C53H33N3O. The van der Waals surface area contributed by atoms with Crippen LogP contribution in [0.3, 0.4) is 0 Å². The van der Waals surface area contributed by atoms with Crippen LogP contribution in [-0.4, -0.2) is 15.0 Å². The van der Waals surface area contributed by atoms with Gasteiger partial charge in [0.25, 0.3) is 0 Å². The molecule has 0 aliphatic rings. The molecule has 0 spiro atoms. The topological polar surface area (TPSA) is 51.8 Å². The Kier molecular flexibility index (Phi) is 7.78. The van der Waals surface area contributed by atoms with Crippen molar-refractivity contribution < 1.29 is 4.42 Å². The number of fused-ring (bicyclic) bond motifs is 5. The van der Waals surface area contributed by atoms with Crippen molar-refractivity contribution in [3.05, 3.63) is 200 Å². The summed E-state index contributed by atoms with van der Waals surface area (Å²) in [6, 6.07) is 70.2. The van der Waals surface area contributed by atoms with Gasteiger partial charge in [0.05, 0.1) is 0 Å². The van der Waals surface area contributed by atoms with Crippen LogP contribution in [0.2, 0.25) is 0 Å². The predicted octanol–water partition coefficient (Wildman–Crippen LogP) is 14.1. The molecule has 266 valence electrons. The van der Waals surface area contributed by atoms with Crippen LogP contribution in [0.15, 0.2) is 205 Å². The van der Waals surface area contributed by atoms with Gasteiger partial charge in [-0.15, -0.1) is 0 Å². The zero-order valence-electron chi connectivity index (χ0n) is 30.8. The Morgan fingerprint density at radius 1 is 0.263 bits per heavy atom. The van der Waals surface area contributed by atoms with Crippen molar-refractivity contribution in [1.82, 2.24) is 15.0 Å². The zero-order valence-corrected chi connectivity index (χ0v) is 30.8. The van der Waals surface area contributed by atoms with Crippen molar-refractivity contribution in [2.75, 3.05) is 0 Å². The second kappa shape index (κ2) is 13.6. The van der Waals surface area contributed by atoms with Gasteiger partial charge >= 0.3 is 0 Å². The van der Waals surface area contributed by atoms with E-state index in [-0.39, 0.29) is 0 Å². The Hall–Kier alpha value is -7.69. The summed E-state index contributed by atoms with van der Waals surface area (Å²) in [4.78, 5) is 15.1. The lowest BCUT2D eigenvalue weighted by Gasteiger charge is -2.11. The monoisotopic (exact) mass is 727 g/mol. The molecule has 2 aromatic heterocycles. The lowest BCUT2D eigenvalue weighted by Crippen LogP contribution is -2.00. The molecule has 57 heavy (non-hydrogen) atoms. The molecule has 0 bridgehead atoms. The van der Waals surface area contributed by atoms with E-state index < -0.39 is 0 Å². The number of hydrogen-bond donors (Lipinski definition) is 0. The summed E-state index contributed by atoms with van der Waals surface area (Å²) in [5.74, 6) is 1.90. The molecule has 0 saturated carbocycles.